The zero-order valence-corrected chi connectivity index (χ0v) is 12.5. The van der Waals surface area contributed by atoms with E-state index in [1.54, 1.807) is 31.3 Å². The first kappa shape index (κ1) is 15.9. The Balaban J connectivity index is 2.57. The molecule has 0 spiro atoms. The van der Waals surface area contributed by atoms with Gasteiger partial charge in [0.1, 0.15) is 0 Å². The van der Waals surface area contributed by atoms with Crippen molar-refractivity contribution < 1.29 is 13.2 Å². The fourth-order valence-corrected chi connectivity index (χ4v) is 2.68. The van der Waals surface area contributed by atoms with E-state index in [0.717, 1.165) is 5.56 Å². The lowest BCUT2D eigenvalue weighted by atomic mass is 10.2. The van der Waals surface area contributed by atoms with Crippen molar-refractivity contribution in [2.45, 2.75) is 25.7 Å². The molecule has 108 valence electrons. The Bertz CT molecular complexity index is 483. The summed E-state index contributed by atoms with van der Waals surface area (Å²) in [5.74, 6) is -0.0224. The van der Waals surface area contributed by atoms with Gasteiger partial charge in [0.05, 0.1) is 18.5 Å². The zero-order chi connectivity index (χ0) is 14.5. The Morgan fingerprint density at radius 3 is 2.37 bits per heavy atom. The van der Waals surface area contributed by atoms with Crippen LogP contribution in [0.15, 0.2) is 24.3 Å². The summed E-state index contributed by atoms with van der Waals surface area (Å²) in [5, 5.41) is 0. The highest BCUT2D eigenvalue weighted by Crippen LogP contribution is 2.11. The minimum absolute atomic E-state index is 0.0224. The van der Waals surface area contributed by atoms with Gasteiger partial charge in [0.2, 0.25) is 10.0 Å². The van der Waals surface area contributed by atoms with E-state index >= 15 is 0 Å². The average Bonchev–Trinajstić information content (AvgIpc) is 2.31. The number of rotatable bonds is 7. The van der Waals surface area contributed by atoms with Crippen LogP contribution in [0.25, 0.3) is 0 Å². The molecule has 1 rings (SSSR count). The third-order valence-corrected chi connectivity index (χ3v) is 4.49. The summed E-state index contributed by atoms with van der Waals surface area (Å²) in [6, 6.07) is 6.86. The van der Waals surface area contributed by atoms with Crippen LogP contribution < -0.4 is 5.73 Å². The summed E-state index contributed by atoms with van der Waals surface area (Å²) < 4.78 is 30.9. The van der Waals surface area contributed by atoms with Crippen molar-refractivity contribution in [3.05, 3.63) is 29.8 Å². The number of nitrogens with zero attached hydrogens (tertiary/aromatic N) is 1. The van der Waals surface area contributed by atoms with E-state index in [-0.39, 0.29) is 11.9 Å². The highest BCUT2D eigenvalue weighted by atomic mass is 32.2. The van der Waals surface area contributed by atoms with E-state index in [1.165, 1.54) is 4.31 Å². The molecule has 0 saturated carbocycles. The standard InChI is InChI=1S/C13H22N2O3S/c1-11(2)18-9-8-15(3)19(16,17)10-12-4-6-13(14)7-5-12/h4-7,11H,8-10,14H2,1-3H3. The lowest BCUT2D eigenvalue weighted by molar-refractivity contribution is 0.0737. The van der Waals surface area contributed by atoms with E-state index in [9.17, 15) is 8.42 Å². The Kier molecular flexibility index (Phi) is 5.78. The number of benzene rings is 1. The number of nitrogens with two attached hydrogens (primary N) is 1. The molecular weight excluding hydrogens is 264 g/mol. The molecule has 0 aliphatic carbocycles. The van der Waals surface area contributed by atoms with Crippen molar-refractivity contribution in [3.8, 4) is 0 Å². The second-order valence-electron chi connectivity index (χ2n) is 4.74. The molecular formula is C13H22N2O3S. The maximum Gasteiger partial charge on any atom is 0.218 e. The van der Waals surface area contributed by atoms with Crippen LogP contribution in [-0.2, 0) is 20.5 Å². The highest BCUT2D eigenvalue weighted by Gasteiger charge is 2.18. The Hall–Kier alpha value is -1.11. The number of sulfonamides is 1. The van der Waals surface area contributed by atoms with Crippen molar-refractivity contribution in [2.75, 3.05) is 25.9 Å². The fourth-order valence-electron chi connectivity index (χ4n) is 1.49. The monoisotopic (exact) mass is 286 g/mol. The third kappa shape index (κ3) is 5.59. The molecule has 0 aromatic heterocycles. The summed E-state index contributed by atoms with van der Waals surface area (Å²) in [6.45, 7) is 4.59. The molecule has 0 fully saturated rings. The SMILES string of the molecule is CC(C)OCCN(C)S(=O)(=O)Cc1ccc(N)cc1. The molecule has 0 unspecified atom stereocenters. The van der Waals surface area contributed by atoms with Crippen molar-refractivity contribution in [1.82, 2.24) is 4.31 Å². The van der Waals surface area contributed by atoms with Crippen molar-refractivity contribution in [3.63, 3.8) is 0 Å². The third-order valence-electron chi connectivity index (χ3n) is 2.66. The smallest absolute Gasteiger partial charge is 0.218 e. The van der Waals surface area contributed by atoms with Crippen LogP contribution in [0.4, 0.5) is 5.69 Å². The molecule has 0 atom stereocenters. The minimum Gasteiger partial charge on any atom is -0.399 e. The predicted molar refractivity (Wildman–Crippen MR) is 77.2 cm³/mol. The van der Waals surface area contributed by atoms with Gasteiger partial charge in [-0.3, -0.25) is 0 Å². The molecule has 2 N–H and O–H groups in total. The summed E-state index contributed by atoms with van der Waals surface area (Å²) in [4.78, 5) is 0. The van der Waals surface area contributed by atoms with Gasteiger partial charge in [-0.15, -0.1) is 0 Å². The van der Waals surface area contributed by atoms with Crippen LogP contribution in [0.2, 0.25) is 0 Å². The van der Waals surface area contributed by atoms with Gasteiger partial charge in [-0.1, -0.05) is 12.1 Å². The molecule has 0 radical (unpaired) electrons. The van der Waals surface area contributed by atoms with Gasteiger partial charge in [0, 0.05) is 19.3 Å². The normalized spacial score (nSPS) is 12.3. The van der Waals surface area contributed by atoms with Crippen LogP contribution in [0.3, 0.4) is 0 Å². The molecule has 0 amide bonds. The van der Waals surface area contributed by atoms with Gasteiger partial charge in [-0.2, -0.15) is 0 Å². The van der Waals surface area contributed by atoms with E-state index in [0.29, 0.717) is 18.8 Å². The first-order valence-electron chi connectivity index (χ1n) is 6.21. The van der Waals surface area contributed by atoms with E-state index < -0.39 is 10.0 Å². The maximum atomic E-state index is 12.1. The summed E-state index contributed by atoms with van der Waals surface area (Å²) in [6.07, 6.45) is 0.105. The van der Waals surface area contributed by atoms with Crippen LogP contribution in [-0.4, -0.2) is 39.0 Å². The molecule has 0 bridgehead atoms. The zero-order valence-electron chi connectivity index (χ0n) is 11.7. The molecule has 0 aliphatic rings. The lowest BCUT2D eigenvalue weighted by Gasteiger charge is -2.18. The fraction of sp³-hybridized carbons (Fsp3) is 0.538. The second kappa shape index (κ2) is 6.88. The van der Waals surface area contributed by atoms with Gasteiger partial charge in [-0.25, -0.2) is 12.7 Å². The Morgan fingerprint density at radius 2 is 1.84 bits per heavy atom. The van der Waals surface area contributed by atoms with Crippen LogP contribution >= 0.6 is 0 Å². The number of anilines is 1. The van der Waals surface area contributed by atoms with Crippen molar-refractivity contribution in [2.24, 2.45) is 0 Å². The molecule has 6 heteroatoms. The molecule has 0 heterocycles. The molecule has 0 aliphatic heterocycles. The minimum atomic E-state index is -3.31. The number of hydrogen-bond acceptors (Lipinski definition) is 4. The molecule has 1 aromatic carbocycles. The topological polar surface area (TPSA) is 72.6 Å². The number of nitrogen functional groups attached to an aromatic ring is 1. The first-order valence-corrected chi connectivity index (χ1v) is 7.82. The molecule has 5 nitrogen and oxygen atoms in total. The van der Waals surface area contributed by atoms with Gasteiger partial charge in [0.15, 0.2) is 0 Å². The number of hydrogen-bond donors (Lipinski definition) is 1. The van der Waals surface area contributed by atoms with E-state index in [1.807, 2.05) is 13.8 Å². The largest absolute Gasteiger partial charge is 0.399 e. The Labute approximate surface area is 115 Å². The average molecular weight is 286 g/mol. The van der Waals surface area contributed by atoms with Gasteiger partial charge >= 0.3 is 0 Å². The van der Waals surface area contributed by atoms with E-state index in [4.69, 9.17) is 10.5 Å². The highest BCUT2D eigenvalue weighted by molar-refractivity contribution is 7.88. The van der Waals surface area contributed by atoms with E-state index in [2.05, 4.69) is 0 Å². The quantitative estimate of drug-likeness (QED) is 0.770. The van der Waals surface area contributed by atoms with Crippen LogP contribution in [0.1, 0.15) is 19.4 Å². The molecule has 0 saturated heterocycles. The second-order valence-corrected chi connectivity index (χ2v) is 6.81. The first-order chi connectivity index (χ1) is 8.81. The summed E-state index contributed by atoms with van der Waals surface area (Å²) in [7, 11) is -1.75. The molecule has 1 aromatic rings. The van der Waals surface area contributed by atoms with Gasteiger partial charge in [0.25, 0.3) is 0 Å². The Morgan fingerprint density at radius 1 is 1.26 bits per heavy atom. The summed E-state index contributed by atoms with van der Waals surface area (Å²) in [5.41, 5.74) is 6.92. The predicted octanol–water partition coefficient (Wildman–Crippen LogP) is 1.46. The molecule has 19 heavy (non-hydrogen) atoms. The van der Waals surface area contributed by atoms with Crippen molar-refractivity contribution in [1.29, 1.82) is 0 Å². The lowest BCUT2D eigenvalue weighted by Crippen LogP contribution is -2.31. The van der Waals surface area contributed by atoms with Gasteiger partial charge < -0.3 is 10.5 Å². The van der Waals surface area contributed by atoms with Gasteiger partial charge in [-0.05, 0) is 31.5 Å². The maximum absolute atomic E-state index is 12.1. The number of likely N-dealkylation sites (N-methyl/N-ethyl adjacent to an activating group) is 1. The van der Waals surface area contributed by atoms with Crippen LogP contribution in [0.5, 0.6) is 0 Å². The number of ether oxygens (including phenoxy) is 1. The summed E-state index contributed by atoms with van der Waals surface area (Å²) >= 11 is 0. The van der Waals surface area contributed by atoms with Crippen LogP contribution in [0, 0.1) is 0 Å². The van der Waals surface area contributed by atoms with Crippen molar-refractivity contribution >= 4 is 15.7 Å².